The average molecular weight is 461 g/mol. The van der Waals surface area contributed by atoms with Crippen LogP contribution in [-0.4, -0.2) is 77.7 Å². The maximum absolute atomic E-state index is 12.2. The minimum Gasteiger partial charge on any atom is -0.550 e. The van der Waals surface area contributed by atoms with Crippen LogP contribution in [0.4, 0.5) is 0 Å². The quantitative estimate of drug-likeness (QED) is 0.245. The lowest BCUT2D eigenvalue weighted by Crippen LogP contribution is -2.56. The normalized spacial score (nSPS) is 14.9. The molecule has 0 aromatic heterocycles. The minimum absolute atomic E-state index is 0.0357. The number of nitrogens with one attached hydrogen (secondary N) is 1. The summed E-state index contributed by atoms with van der Waals surface area (Å²) < 4.78 is 0.325. The number of aliphatic hydroxyl groups is 1. The highest BCUT2D eigenvalue weighted by Gasteiger charge is 2.40. The lowest BCUT2D eigenvalue weighted by Gasteiger charge is -2.34. The maximum atomic E-state index is 12.2. The number of hydrogen-bond acceptors (Lipinski definition) is 6. The van der Waals surface area contributed by atoms with Gasteiger partial charge in [0.1, 0.15) is 12.6 Å². The Labute approximate surface area is 192 Å². The Morgan fingerprint density at radius 3 is 1.94 bits per heavy atom. The number of rotatable bonds is 15. The third-order valence-corrected chi connectivity index (χ3v) is 5.04. The number of carbonyl (C=O) groups excluding carboxylic acids is 3. The number of unbranched alkanes of at least 4 members (excludes halogenated alkanes) is 4. The van der Waals surface area contributed by atoms with Crippen LogP contribution in [0.5, 0.6) is 0 Å². The molecular formula is C23H44N2O7. The van der Waals surface area contributed by atoms with Crippen molar-refractivity contribution >= 4 is 23.6 Å². The molecule has 0 radical (unpaired) electrons. The van der Waals surface area contributed by atoms with E-state index in [0.717, 1.165) is 32.1 Å². The molecule has 0 spiro atoms. The zero-order valence-corrected chi connectivity index (χ0v) is 20.9. The van der Waals surface area contributed by atoms with Crippen LogP contribution < -0.4 is 10.4 Å². The van der Waals surface area contributed by atoms with Crippen LogP contribution in [0, 0.1) is 5.92 Å². The molecule has 3 N–H and O–H groups in total. The number of likely N-dealkylation sites (N-methyl/N-ethyl adjacent to an activating group) is 1. The molecule has 3 atom stereocenters. The van der Waals surface area contributed by atoms with Crippen molar-refractivity contribution in [2.24, 2.45) is 5.92 Å². The standard InChI is InChI=1S/C15H29NO4.C8H15NO3/c1-5-6-7-8-9-10-13(17)15(20,11-14(18)19)12-16(2,3)4;1-4-5(2)7(8(11)12)9-6(3)10/h20H,5-12H2,1-4H3;5,7H,4H2,1-3H3,(H,9,10)(H,11,12)/t;5-,7-/m.0/s1. The van der Waals surface area contributed by atoms with Gasteiger partial charge in [0.25, 0.3) is 0 Å². The molecule has 0 aromatic carbocycles. The summed E-state index contributed by atoms with van der Waals surface area (Å²) in [5.74, 6) is -3.08. The lowest BCUT2D eigenvalue weighted by molar-refractivity contribution is -0.875. The van der Waals surface area contributed by atoms with E-state index in [4.69, 9.17) is 5.11 Å². The van der Waals surface area contributed by atoms with Crippen molar-refractivity contribution in [3.63, 3.8) is 0 Å². The number of Topliss-reactive ketones (excluding diaryl/α,β-unsaturated/α-hetero) is 1. The first kappa shape index (κ1) is 32.2. The van der Waals surface area contributed by atoms with Gasteiger partial charge in [-0.2, -0.15) is 0 Å². The number of quaternary nitrogens is 1. The van der Waals surface area contributed by atoms with Crippen LogP contribution >= 0.6 is 0 Å². The van der Waals surface area contributed by atoms with E-state index in [1.165, 1.54) is 6.92 Å². The molecule has 9 heteroatoms. The molecule has 0 aliphatic heterocycles. The Kier molecular flexibility index (Phi) is 15.8. The second kappa shape index (κ2) is 15.7. The Balaban J connectivity index is 0. The molecule has 32 heavy (non-hydrogen) atoms. The van der Waals surface area contributed by atoms with Gasteiger partial charge in [0, 0.05) is 25.7 Å². The monoisotopic (exact) mass is 460 g/mol. The van der Waals surface area contributed by atoms with Gasteiger partial charge in [-0.3, -0.25) is 9.59 Å². The van der Waals surface area contributed by atoms with E-state index in [1.807, 2.05) is 28.1 Å². The van der Waals surface area contributed by atoms with Crippen molar-refractivity contribution in [3.8, 4) is 0 Å². The van der Waals surface area contributed by atoms with Crippen LogP contribution in [0.1, 0.15) is 79.1 Å². The number of hydrogen-bond donors (Lipinski definition) is 3. The lowest BCUT2D eigenvalue weighted by atomic mass is 9.89. The maximum Gasteiger partial charge on any atom is 0.326 e. The zero-order chi connectivity index (χ0) is 25.5. The van der Waals surface area contributed by atoms with Gasteiger partial charge in [-0.1, -0.05) is 52.9 Å². The predicted octanol–water partition coefficient (Wildman–Crippen LogP) is 1.12. The number of ketones is 1. The molecule has 188 valence electrons. The number of amides is 1. The molecule has 0 aliphatic rings. The molecule has 0 saturated carbocycles. The van der Waals surface area contributed by atoms with Gasteiger partial charge in [0.2, 0.25) is 5.91 Å². The fourth-order valence-corrected chi connectivity index (χ4v) is 3.29. The molecule has 0 bridgehead atoms. The number of carboxylic acids is 2. The number of carboxylic acid groups (broad SMARTS) is 2. The first-order valence-corrected chi connectivity index (χ1v) is 11.4. The van der Waals surface area contributed by atoms with Crippen molar-refractivity contribution in [2.45, 2.75) is 90.7 Å². The van der Waals surface area contributed by atoms with Gasteiger partial charge in [0.15, 0.2) is 11.4 Å². The van der Waals surface area contributed by atoms with Crippen molar-refractivity contribution in [3.05, 3.63) is 0 Å². The van der Waals surface area contributed by atoms with E-state index in [9.17, 15) is 29.4 Å². The van der Waals surface area contributed by atoms with Gasteiger partial charge >= 0.3 is 5.97 Å². The summed E-state index contributed by atoms with van der Waals surface area (Å²) in [4.78, 5) is 44.2. The van der Waals surface area contributed by atoms with E-state index in [0.29, 0.717) is 10.9 Å². The van der Waals surface area contributed by atoms with E-state index in [-0.39, 0.29) is 30.6 Å². The summed E-state index contributed by atoms with van der Waals surface area (Å²) in [6, 6.07) is -0.757. The molecule has 0 aliphatic carbocycles. The third-order valence-electron chi connectivity index (χ3n) is 5.04. The van der Waals surface area contributed by atoms with E-state index < -0.39 is 30.0 Å². The summed E-state index contributed by atoms with van der Waals surface area (Å²) in [6.07, 6.45) is 5.30. The number of carbonyl (C=O) groups is 4. The molecule has 0 heterocycles. The molecule has 0 aromatic rings. The fraction of sp³-hybridized carbons (Fsp3) is 0.826. The molecule has 0 fully saturated rings. The van der Waals surface area contributed by atoms with E-state index in [2.05, 4.69) is 12.2 Å². The predicted molar refractivity (Wildman–Crippen MR) is 121 cm³/mol. The molecule has 0 rings (SSSR count). The van der Waals surface area contributed by atoms with Gasteiger partial charge in [-0.25, -0.2) is 4.79 Å². The second-order valence-corrected chi connectivity index (χ2v) is 9.52. The highest BCUT2D eigenvalue weighted by atomic mass is 16.4. The van der Waals surface area contributed by atoms with Crippen LogP contribution in [0.2, 0.25) is 0 Å². The Bertz CT molecular complexity index is 602. The SMILES string of the molecule is CCCCCCCC(=O)C(O)(CC(=O)[O-])C[N+](C)(C)C.CC[C@H](C)[C@H](NC(C)=O)C(=O)O. The number of aliphatic carboxylic acids is 2. The summed E-state index contributed by atoms with van der Waals surface area (Å²) in [7, 11) is 5.44. The van der Waals surface area contributed by atoms with Crippen LogP contribution in [0.3, 0.4) is 0 Å². The fourth-order valence-electron chi connectivity index (χ4n) is 3.29. The minimum atomic E-state index is -1.82. The van der Waals surface area contributed by atoms with Crippen molar-refractivity contribution in [2.75, 3.05) is 27.7 Å². The van der Waals surface area contributed by atoms with Gasteiger partial charge in [-0.15, -0.1) is 0 Å². The van der Waals surface area contributed by atoms with Gasteiger partial charge in [-0.05, 0) is 12.3 Å². The van der Waals surface area contributed by atoms with E-state index in [1.54, 1.807) is 6.92 Å². The van der Waals surface area contributed by atoms with Gasteiger partial charge < -0.3 is 29.9 Å². The number of nitrogens with zero attached hydrogens (tertiary/aromatic N) is 1. The molecule has 9 nitrogen and oxygen atoms in total. The summed E-state index contributed by atoms with van der Waals surface area (Å²) >= 11 is 0. The van der Waals surface area contributed by atoms with Crippen molar-refractivity contribution in [1.82, 2.24) is 5.32 Å². The molecule has 1 amide bonds. The van der Waals surface area contributed by atoms with Gasteiger partial charge in [0.05, 0.1) is 21.1 Å². The Morgan fingerprint density at radius 2 is 1.56 bits per heavy atom. The Hall–Kier alpha value is -2.00. The highest BCUT2D eigenvalue weighted by molar-refractivity contribution is 5.90. The smallest absolute Gasteiger partial charge is 0.326 e. The van der Waals surface area contributed by atoms with Crippen molar-refractivity contribution < 1.29 is 39.0 Å². The largest absolute Gasteiger partial charge is 0.550 e. The molecule has 0 saturated heterocycles. The average Bonchev–Trinajstić information content (AvgIpc) is 2.63. The summed E-state index contributed by atoms with van der Waals surface area (Å²) in [6.45, 7) is 7.20. The first-order valence-electron chi connectivity index (χ1n) is 11.4. The van der Waals surface area contributed by atoms with Crippen molar-refractivity contribution in [1.29, 1.82) is 0 Å². The molecule has 1 unspecified atom stereocenters. The van der Waals surface area contributed by atoms with Crippen LogP contribution in [0.25, 0.3) is 0 Å². The first-order chi connectivity index (χ1) is 14.6. The third kappa shape index (κ3) is 15.8. The summed E-state index contributed by atoms with van der Waals surface area (Å²) in [5.41, 5.74) is -1.82. The Morgan fingerprint density at radius 1 is 1.03 bits per heavy atom. The highest BCUT2D eigenvalue weighted by Crippen LogP contribution is 2.19. The zero-order valence-electron chi connectivity index (χ0n) is 20.9. The van der Waals surface area contributed by atoms with Crippen LogP contribution in [-0.2, 0) is 19.2 Å². The second-order valence-electron chi connectivity index (χ2n) is 9.52. The molecular weight excluding hydrogens is 416 g/mol. The van der Waals surface area contributed by atoms with Crippen LogP contribution in [0.15, 0.2) is 0 Å². The van der Waals surface area contributed by atoms with E-state index >= 15 is 0 Å². The topological polar surface area (TPSA) is 144 Å². The summed E-state index contributed by atoms with van der Waals surface area (Å²) in [5, 5.41) is 32.3.